The van der Waals surface area contributed by atoms with Gasteiger partial charge in [-0.3, -0.25) is 0 Å². The molecule has 2 rings (SSSR count). The topological polar surface area (TPSA) is 35.2 Å². The molecule has 0 saturated carbocycles. The first-order chi connectivity index (χ1) is 6.24. The second kappa shape index (κ2) is 3.31. The average Bonchev–Trinajstić information content (AvgIpc) is 2.51. The number of halogens is 1. The highest BCUT2D eigenvalue weighted by Crippen LogP contribution is 2.40. The molecule has 0 saturated heterocycles. The molecule has 70 valence electrons. The van der Waals surface area contributed by atoms with Gasteiger partial charge in [0.25, 0.3) is 0 Å². The van der Waals surface area contributed by atoms with Crippen LogP contribution in [0.2, 0.25) is 0 Å². The van der Waals surface area contributed by atoms with E-state index in [0.29, 0.717) is 0 Å². The van der Waals surface area contributed by atoms with Gasteiger partial charge in [-0.05, 0) is 30.5 Å². The lowest BCUT2D eigenvalue weighted by molar-refractivity contribution is 0.407. The Bertz CT molecular complexity index is 338. The van der Waals surface area contributed by atoms with E-state index in [4.69, 9.17) is 10.5 Å². The molecule has 1 aliphatic carbocycles. The first kappa shape index (κ1) is 9.03. The third-order valence-corrected chi connectivity index (χ3v) is 3.30. The van der Waals surface area contributed by atoms with Gasteiger partial charge in [0.1, 0.15) is 5.75 Å². The number of nitrogens with two attached hydrogens (primary N) is 1. The second-order valence-corrected chi connectivity index (χ2v) is 4.14. The van der Waals surface area contributed by atoms with Gasteiger partial charge in [-0.1, -0.05) is 15.9 Å². The molecule has 0 heterocycles. The van der Waals surface area contributed by atoms with Crippen molar-refractivity contribution < 1.29 is 4.74 Å². The minimum absolute atomic E-state index is 0.141. The smallest absolute Gasteiger partial charge is 0.123 e. The SMILES string of the molecule is COc1ccc(Br)c2c1[C@H](N)CC2. The van der Waals surface area contributed by atoms with Gasteiger partial charge in [0.15, 0.2) is 0 Å². The van der Waals surface area contributed by atoms with Crippen molar-refractivity contribution in [2.24, 2.45) is 5.73 Å². The molecule has 0 spiro atoms. The molecular formula is C10H12BrNO. The fraction of sp³-hybridized carbons (Fsp3) is 0.400. The minimum atomic E-state index is 0.141. The van der Waals surface area contributed by atoms with E-state index in [1.807, 2.05) is 12.1 Å². The zero-order chi connectivity index (χ0) is 9.42. The molecule has 0 fully saturated rings. The monoisotopic (exact) mass is 241 g/mol. The van der Waals surface area contributed by atoms with Crippen molar-refractivity contribution >= 4 is 15.9 Å². The average molecular weight is 242 g/mol. The maximum absolute atomic E-state index is 5.99. The van der Waals surface area contributed by atoms with E-state index in [-0.39, 0.29) is 6.04 Å². The summed E-state index contributed by atoms with van der Waals surface area (Å²) in [5.41, 5.74) is 8.48. The van der Waals surface area contributed by atoms with Crippen LogP contribution < -0.4 is 10.5 Å². The summed E-state index contributed by atoms with van der Waals surface area (Å²) in [6.07, 6.45) is 2.07. The van der Waals surface area contributed by atoms with Crippen molar-refractivity contribution in [3.8, 4) is 5.75 Å². The van der Waals surface area contributed by atoms with E-state index < -0.39 is 0 Å². The van der Waals surface area contributed by atoms with Crippen LogP contribution in [0.4, 0.5) is 0 Å². The fourth-order valence-electron chi connectivity index (χ4n) is 1.90. The molecular weight excluding hydrogens is 230 g/mol. The van der Waals surface area contributed by atoms with Crippen LogP contribution >= 0.6 is 15.9 Å². The van der Waals surface area contributed by atoms with E-state index in [2.05, 4.69) is 15.9 Å². The Hall–Kier alpha value is -0.540. The van der Waals surface area contributed by atoms with E-state index in [1.165, 1.54) is 11.1 Å². The quantitative estimate of drug-likeness (QED) is 0.820. The summed E-state index contributed by atoms with van der Waals surface area (Å²) in [4.78, 5) is 0. The van der Waals surface area contributed by atoms with Crippen LogP contribution in [0.15, 0.2) is 16.6 Å². The van der Waals surface area contributed by atoms with Crippen LogP contribution in [0, 0.1) is 0 Å². The Labute approximate surface area is 86.2 Å². The molecule has 2 N–H and O–H groups in total. The first-order valence-electron chi connectivity index (χ1n) is 4.35. The van der Waals surface area contributed by atoms with Gasteiger partial charge >= 0.3 is 0 Å². The van der Waals surface area contributed by atoms with Crippen LogP contribution in [0.1, 0.15) is 23.6 Å². The second-order valence-electron chi connectivity index (χ2n) is 3.29. The van der Waals surface area contributed by atoms with Crippen molar-refractivity contribution in [2.75, 3.05) is 7.11 Å². The van der Waals surface area contributed by atoms with Gasteiger partial charge < -0.3 is 10.5 Å². The summed E-state index contributed by atoms with van der Waals surface area (Å²) in [7, 11) is 1.69. The van der Waals surface area contributed by atoms with Crippen LogP contribution in [-0.2, 0) is 6.42 Å². The Morgan fingerprint density at radius 3 is 3.00 bits per heavy atom. The van der Waals surface area contributed by atoms with Crippen LogP contribution in [0.25, 0.3) is 0 Å². The normalized spacial score (nSPS) is 20.1. The van der Waals surface area contributed by atoms with Gasteiger partial charge in [-0.15, -0.1) is 0 Å². The first-order valence-corrected chi connectivity index (χ1v) is 5.14. The van der Waals surface area contributed by atoms with Gasteiger partial charge in [-0.2, -0.15) is 0 Å². The van der Waals surface area contributed by atoms with Gasteiger partial charge in [-0.25, -0.2) is 0 Å². The highest BCUT2D eigenvalue weighted by molar-refractivity contribution is 9.10. The Morgan fingerprint density at radius 1 is 1.54 bits per heavy atom. The third kappa shape index (κ3) is 1.36. The molecule has 2 nitrogen and oxygen atoms in total. The van der Waals surface area contributed by atoms with E-state index in [9.17, 15) is 0 Å². The molecule has 1 aliphatic rings. The molecule has 3 heteroatoms. The Morgan fingerprint density at radius 2 is 2.31 bits per heavy atom. The standard InChI is InChI=1S/C10H12BrNO/c1-13-9-5-3-7(11)6-2-4-8(12)10(6)9/h3,5,8H,2,4,12H2,1H3/t8-/m1/s1. The zero-order valence-electron chi connectivity index (χ0n) is 7.51. The van der Waals surface area contributed by atoms with E-state index in [1.54, 1.807) is 7.11 Å². The van der Waals surface area contributed by atoms with Crippen LogP contribution in [-0.4, -0.2) is 7.11 Å². The highest BCUT2D eigenvalue weighted by Gasteiger charge is 2.24. The summed E-state index contributed by atoms with van der Waals surface area (Å²) in [5, 5.41) is 0. The molecule has 0 radical (unpaired) electrons. The van der Waals surface area contributed by atoms with Crippen molar-refractivity contribution in [1.29, 1.82) is 0 Å². The lowest BCUT2D eigenvalue weighted by Crippen LogP contribution is -2.07. The molecule has 1 aromatic rings. The molecule has 13 heavy (non-hydrogen) atoms. The van der Waals surface area contributed by atoms with Crippen molar-refractivity contribution in [1.82, 2.24) is 0 Å². The third-order valence-electron chi connectivity index (χ3n) is 2.56. The molecule has 1 aromatic carbocycles. The predicted octanol–water partition coefficient (Wildman–Crippen LogP) is 2.40. The molecule has 0 unspecified atom stereocenters. The maximum Gasteiger partial charge on any atom is 0.123 e. The summed E-state index contributed by atoms with van der Waals surface area (Å²) < 4.78 is 6.43. The molecule has 0 amide bonds. The largest absolute Gasteiger partial charge is 0.496 e. The highest BCUT2D eigenvalue weighted by atomic mass is 79.9. The summed E-state index contributed by atoms with van der Waals surface area (Å²) in [6.45, 7) is 0. The van der Waals surface area contributed by atoms with Crippen molar-refractivity contribution in [2.45, 2.75) is 18.9 Å². The van der Waals surface area contributed by atoms with Gasteiger partial charge in [0, 0.05) is 16.1 Å². The van der Waals surface area contributed by atoms with Crippen LogP contribution in [0.3, 0.4) is 0 Å². The number of hydrogen-bond acceptors (Lipinski definition) is 2. The Balaban J connectivity index is 2.60. The lowest BCUT2D eigenvalue weighted by atomic mass is 10.1. The number of benzene rings is 1. The zero-order valence-corrected chi connectivity index (χ0v) is 9.10. The number of rotatable bonds is 1. The van der Waals surface area contributed by atoms with Crippen molar-refractivity contribution in [3.63, 3.8) is 0 Å². The summed E-state index contributed by atoms with van der Waals surface area (Å²) >= 11 is 3.53. The van der Waals surface area contributed by atoms with Gasteiger partial charge in [0.2, 0.25) is 0 Å². The maximum atomic E-state index is 5.99. The van der Waals surface area contributed by atoms with Crippen molar-refractivity contribution in [3.05, 3.63) is 27.7 Å². The fourth-order valence-corrected chi connectivity index (χ4v) is 2.44. The minimum Gasteiger partial charge on any atom is -0.496 e. The number of fused-ring (bicyclic) bond motifs is 1. The molecule has 0 aliphatic heterocycles. The van der Waals surface area contributed by atoms with Crippen LogP contribution in [0.5, 0.6) is 5.75 Å². The predicted molar refractivity (Wildman–Crippen MR) is 55.9 cm³/mol. The number of methoxy groups -OCH3 is 1. The summed E-state index contributed by atoms with van der Waals surface area (Å²) in [6, 6.07) is 4.13. The summed E-state index contributed by atoms with van der Waals surface area (Å²) in [5.74, 6) is 0.920. The number of ether oxygens (including phenoxy) is 1. The van der Waals surface area contributed by atoms with Gasteiger partial charge in [0.05, 0.1) is 7.11 Å². The molecule has 0 bridgehead atoms. The lowest BCUT2D eigenvalue weighted by Gasteiger charge is -2.11. The molecule has 0 aromatic heterocycles. The van der Waals surface area contributed by atoms with E-state index in [0.717, 1.165) is 23.1 Å². The number of hydrogen-bond donors (Lipinski definition) is 1. The molecule has 1 atom stereocenters. The Kier molecular flexibility index (Phi) is 2.30. The van der Waals surface area contributed by atoms with E-state index >= 15 is 0 Å².